The minimum absolute atomic E-state index is 0.0521. The number of methoxy groups -OCH3 is 1. The molecule has 0 radical (unpaired) electrons. The van der Waals surface area contributed by atoms with E-state index in [1.807, 2.05) is 30.3 Å². The standard InChI is InChI=1S/C18H20N2O4/c1-23-18(22)16-10-9-14(12-19-16)13-20-17(21)8-5-11-24-15-6-3-2-4-7-15/h2-4,6-7,9-10,12H,5,8,11,13H2,1H3,(H,20,21). The molecule has 24 heavy (non-hydrogen) atoms. The van der Waals surface area contributed by atoms with E-state index in [0.717, 1.165) is 11.3 Å². The van der Waals surface area contributed by atoms with Crippen molar-refractivity contribution >= 4 is 11.9 Å². The fraction of sp³-hybridized carbons (Fsp3) is 0.278. The highest BCUT2D eigenvalue weighted by Crippen LogP contribution is 2.08. The van der Waals surface area contributed by atoms with Crippen molar-refractivity contribution in [3.05, 3.63) is 59.9 Å². The Labute approximate surface area is 140 Å². The molecule has 0 bridgehead atoms. The first-order valence-corrected chi connectivity index (χ1v) is 7.67. The molecular formula is C18H20N2O4. The zero-order chi connectivity index (χ0) is 17.2. The summed E-state index contributed by atoms with van der Waals surface area (Å²) in [4.78, 5) is 27.1. The molecular weight excluding hydrogens is 308 g/mol. The van der Waals surface area contributed by atoms with Gasteiger partial charge in [0.2, 0.25) is 5.91 Å². The third-order valence-electron chi connectivity index (χ3n) is 3.27. The van der Waals surface area contributed by atoms with Crippen molar-refractivity contribution in [1.82, 2.24) is 10.3 Å². The quantitative estimate of drug-likeness (QED) is 0.594. The Morgan fingerprint density at radius 2 is 1.92 bits per heavy atom. The van der Waals surface area contributed by atoms with Crippen LogP contribution in [0.25, 0.3) is 0 Å². The van der Waals surface area contributed by atoms with Crippen molar-refractivity contribution in [3.8, 4) is 5.75 Å². The lowest BCUT2D eigenvalue weighted by molar-refractivity contribution is -0.121. The first-order valence-electron chi connectivity index (χ1n) is 7.67. The molecule has 0 saturated heterocycles. The van der Waals surface area contributed by atoms with Crippen molar-refractivity contribution in [2.75, 3.05) is 13.7 Å². The van der Waals surface area contributed by atoms with Gasteiger partial charge in [-0.15, -0.1) is 0 Å². The highest BCUT2D eigenvalue weighted by molar-refractivity contribution is 5.87. The van der Waals surface area contributed by atoms with Crippen molar-refractivity contribution < 1.29 is 19.1 Å². The molecule has 2 aromatic rings. The van der Waals surface area contributed by atoms with E-state index in [4.69, 9.17) is 4.74 Å². The van der Waals surface area contributed by atoms with Gasteiger partial charge in [-0.2, -0.15) is 0 Å². The van der Waals surface area contributed by atoms with Gasteiger partial charge in [0.1, 0.15) is 11.4 Å². The molecule has 126 valence electrons. The van der Waals surface area contributed by atoms with E-state index >= 15 is 0 Å². The number of ether oxygens (including phenoxy) is 2. The summed E-state index contributed by atoms with van der Waals surface area (Å²) in [7, 11) is 1.31. The van der Waals surface area contributed by atoms with Crippen LogP contribution in [-0.2, 0) is 16.1 Å². The van der Waals surface area contributed by atoms with Crippen LogP contribution in [0.5, 0.6) is 5.75 Å². The summed E-state index contributed by atoms with van der Waals surface area (Å²) in [6, 6.07) is 12.8. The fourth-order valence-electron chi connectivity index (χ4n) is 1.98. The Kier molecular flexibility index (Phi) is 6.76. The predicted octanol–water partition coefficient (Wildman–Crippen LogP) is 2.34. The van der Waals surface area contributed by atoms with Gasteiger partial charge in [0.15, 0.2) is 0 Å². The van der Waals surface area contributed by atoms with E-state index in [0.29, 0.717) is 26.0 Å². The first kappa shape index (κ1) is 17.5. The molecule has 1 aromatic heterocycles. The van der Waals surface area contributed by atoms with Crippen LogP contribution in [0, 0.1) is 0 Å². The monoisotopic (exact) mass is 328 g/mol. The van der Waals surface area contributed by atoms with E-state index in [1.54, 1.807) is 18.3 Å². The van der Waals surface area contributed by atoms with Crippen LogP contribution in [-0.4, -0.2) is 30.6 Å². The number of nitrogens with one attached hydrogen (secondary N) is 1. The summed E-state index contributed by atoms with van der Waals surface area (Å²) in [5.41, 5.74) is 1.06. The van der Waals surface area contributed by atoms with Gasteiger partial charge in [-0.1, -0.05) is 24.3 Å². The number of rotatable bonds is 8. The minimum Gasteiger partial charge on any atom is -0.494 e. The third-order valence-corrected chi connectivity index (χ3v) is 3.27. The Morgan fingerprint density at radius 1 is 1.12 bits per heavy atom. The summed E-state index contributed by atoms with van der Waals surface area (Å²) in [6.07, 6.45) is 2.58. The zero-order valence-electron chi connectivity index (χ0n) is 13.5. The van der Waals surface area contributed by atoms with Gasteiger partial charge in [0, 0.05) is 19.2 Å². The molecule has 0 spiro atoms. The Morgan fingerprint density at radius 3 is 2.58 bits per heavy atom. The number of esters is 1. The second kappa shape index (κ2) is 9.29. The number of aromatic nitrogens is 1. The van der Waals surface area contributed by atoms with Gasteiger partial charge < -0.3 is 14.8 Å². The van der Waals surface area contributed by atoms with E-state index in [9.17, 15) is 9.59 Å². The maximum absolute atomic E-state index is 11.8. The lowest BCUT2D eigenvalue weighted by Crippen LogP contribution is -2.23. The summed E-state index contributed by atoms with van der Waals surface area (Å²) < 4.78 is 10.1. The average molecular weight is 328 g/mol. The largest absolute Gasteiger partial charge is 0.494 e. The molecule has 6 heteroatoms. The second-order valence-electron chi connectivity index (χ2n) is 5.09. The van der Waals surface area contributed by atoms with Crippen LogP contribution in [0.3, 0.4) is 0 Å². The SMILES string of the molecule is COC(=O)c1ccc(CNC(=O)CCCOc2ccccc2)cn1. The molecule has 0 fully saturated rings. The fourth-order valence-corrected chi connectivity index (χ4v) is 1.98. The number of hydrogen-bond donors (Lipinski definition) is 1. The highest BCUT2D eigenvalue weighted by Gasteiger charge is 2.07. The molecule has 2 rings (SSSR count). The molecule has 1 aromatic carbocycles. The predicted molar refractivity (Wildman–Crippen MR) is 88.6 cm³/mol. The van der Waals surface area contributed by atoms with Gasteiger partial charge >= 0.3 is 5.97 Å². The lowest BCUT2D eigenvalue weighted by Gasteiger charge is -2.07. The maximum Gasteiger partial charge on any atom is 0.356 e. The Hall–Kier alpha value is -2.89. The summed E-state index contributed by atoms with van der Waals surface area (Å²) >= 11 is 0. The molecule has 6 nitrogen and oxygen atoms in total. The number of amides is 1. The van der Waals surface area contributed by atoms with Gasteiger partial charge in [-0.3, -0.25) is 4.79 Å². The molecule has 0 aliphatic carbocycles. The molecule has 1 heterocycles. The van der Waals surface area contributed by atoms with E-state index in [-0.39, 0.29) is 11.6 Å². The molecule has 0 aliphatic heterocycles. The Bertz CT molecular complexity index is 656. The van der Waals surface area contributed by atoms with Crippen LogP contribution in [0.15, 0.2) is 48.7 Å². The van der Waals surface area contributed by atoms with E-state index in [2.05, 4.69) is 15.0 Å². The topological polar surface area (TPSA) is 77.5 Å². The zero-order valence-corrected chi connectivity index (χ0v) is 13.5. The molecule has 0 saturated carbocycles. The Balaban J connectivity index is 1.65. The van der Waals surface area contributed by atoms with Gasteiger partial charge in [0.05, 0.1) is 13.7 Å². The van der Waals surface area contributed by atoms with Gasteiger partial charge in [-0.25, -0.2) is 9.78 Å². The minimum atomic E-state index is -0.482. The van der Waals surface area contributed by atoms with E-state index in [1.165, 1.54) is 7.11 Å². The van der Waals surface area contributed by atoms with Crippen molar-refractivity contribution in [2.45, 2.75) is 19.4 Å². The highest BCUT2D eigenvalue weighted by atomic mass is 16.5. The normalized spacial score (nSPS) is 10.0. The van der Waals surface area contributed by atoms with Crippen molar-refractivity contribution in [1.29, 1.82) is 0 Å². The van der Waals surface area contributed by atoms with Crippen molar-refractivity contribution in [2.24, 2.45) is 0 Å². The second-order valence-corrected chi connectivity index (χ2v) is 5.09. The van der Waals surface area contributed by atoms with Crippen LogP contribution in [0.1, 0.15) is 28.9 Å². The number of nitrogens with zero attached hydrogens (tertiary/aromatic N) is 1. The number of benzene rings is 1. The smallest absolute Gasteiger partial charge is 0.356 e. The number of para-hydroxylation sites is 1. The molecule has 1 amide bonds. The molecule has 0 unspecified atom stereocenters. The van der Waals surface area contributed by atoms with Crippen LogP contribution >= 0.6 is 0 Å². The van der Waals surface area contributed by atoms with Crippen LogP contribution in [0.2, 0.25) is 0 Å². The average Bonchev–Trinajstić information content (AvgIpc) is 2.64. The molecule has 1 N–H and O–H groups in total. The third kappa shape index (κ3) is 5.72. The van der Waals surface area contributed by atoms with Crippen LogP contribution < -0.4 is 10.1 Å². The summed E-state index contributed by atoms with van der Waals surface area (Å²) in [5, 5.41) is 2.81. The number of hydrogen-bond acceptors (Lipinski definition) is 5. The number of carbonyl (C=O) groups excluding carboxylic acids is 2. The van der Waals surface area contributed by atoms with E-state index < -0.39 is 5.97 Å². The number of pyridine rings is 1. The summed E-state index contributed by atoms with van der Waals surface area (Å²) in [5.74, 6) is 0.266. The van der Waals surface area contributed by atoms with Crippen molar-refractivity contribution in [3.63, 3.8) is 0 Å². The molecule has 0 atom stereocenters. The maximum atomic E-state index is 11.8. The van der Waals surface area contributed by atoms with Gasteiger partial charge in [0.25, 0.3) is 0 Å². The van der Waals surface area contributed by atoms with Gasteiger partial charge in [-0.05, 0) is 30.2 Å². The molecule has 0 aliphatic rings. The lowest BCUT2D eigenvalue weighted by atomic mass is 10.2. The number of carbonyl (C=O) groups is 2. The first-order chi connectivity index (χ1) is 11.7. The van der Waals surface area contributed by atoms with Crippen LogP contribution in [0.4, 0.5) is 0 Å². The summed E-state index contributed by atoms with van der Waals surface area (Å²) in [6.45, 7) is 0.861.